The summed E-state index contributed by atoms with van der Waals surface area (Å²) in [5.41, 5.74) is 0. The number of hydrogen-bond donors (Lipinski definition) is 1. The van der Waals surface area contributed by atoms with Gasteiger partial charge in [-0.2, -0.15) is 0 Å². The van der Waals surface area contributed by atoms with Crippen molar-refractivity contribution in [3.63, 3.8) is 0 Å². The van der Waals surface area contributed by atoms with E-state index in [2.05, 4.69) is 69.3 Å². The number of aliphatic hydroxyl groups excluding tert-OH is 1. The van der Waals surface area contributed by atoms with Gasteiger partial charge in [-0.25, -0.2) is 0 Å². The summed E-state index contributed by atoms with van der Waals surface area (Å²) in [6, 6.07) is 21.1. The fraction of sp³-hybridized carbons (Fsp3) is 0.300. The zero-order valence-corrected chi connectivity index (χ0v) is 15.2. The molecule has 0 bridgehead atoms. The molecule has 0 amide bonds. The highest BCUT2D eigenvalue weighted by atomic mass is 28.4. The maximum Gasteiger partial charge on any atom is 0.261 e. The second kappa shape index (κ2) is 7.73. The van der Waals surface area contributed by atoms with Crippen LogP contribution in [0.25, 0.3) is 0 Å². The molecular weight excluding hydrogens is 300 g/mol. The summed E-state index contributed by atoms with van der Waals surface area (Å²) in [5.74, 6) is 0. The molecule has 0 saturated carbocycles. The Balaban J connectivity index is 2.57. The molecule has 23 heavy (non-hydrogen) atoms. The van der Waals surface area contributed by atoms with Crippen molar-refractivity contribution in [2.75, 3.05) is 13.2 Å². The van der Waals surface area contributed by atoms with E-state index in [1.165, 1.54) is 10.4 Å². The van der Waals surface area contributed by atoms with E-state index in [1.54, 1.807) is 6.08 Å². The third-order valence-electron chi connectivity index (χ3n) is 4.08. The van der Waals surface area contributed by atoms with Crippen LogP contribution in [0.4, 0.5) is 0 Å². The summed E-state index contributed by atoms with van der Waals surface area (Å²) in [6.07, 6.45) is 3.64. The summed E-state index contributed by atoms with van der Waals surface area (Å²) < 4.78 is 6.61. The predicted molar refractivity (Wildman–Crippen MR) is 99.8 cm³/mol. The highest BCUT2D eigenvalue weighted by molar-refractivity contribution is 6.99. The van der Waals surface area contributed by atoms with Crippen LogP contribution in [0.15, 0.2) is 72.8 Å². The van der Waals surface area contributed by atoms with Gasteiger partial charge in [0.2, 0.25) is 0 Å². The second-order valence-electron chi connectivity index (χ2n) is 6.63. The molecule has 2 aromatic rings. The van der Waals surface area contributed by atoms with Crippen LogP contribution >= 0.6 is 0 Å². The highest BCUT2D eigenvalue weighted by Gasteiger charge is 2.49. The fourth-order valence-electron chi connectivity index (χ4n) is 3.08. The Morgan fingerprint density at radius 3 is 1.74 bits per heavy atom. The van der Waals surface area contributed by atoms with Crippen LogP contribution in [-0.2, 0) is 4.43 Å². The normalized spacial score (nSPS) is 12.7. The van der Waals surface area contributed by atoms with Crippen LogP contribution in [0.1, 0.15) is 20.8 Å². The van der Waals surface area contributed by atoms with Gasteiger partial charge in [-0.15, -0.1) is 0 Å². The van der Waals surface area contributed by atoms with Crippen molar-refractivity contribution in [1.82, 2.24) is 0 Å². The first-order valence-electron chi connectivity index (χ1n) is 8.03. The molecule has 0 fully saturated rings. The summed E-state index contributed by atoms with van der Waals surface area (Å²) in [5, 5.41) is 11.5. The molecule has 0 aliphatic rings. The van der Waals surface area contributed by atoms with Gasteiger partial charge >= 0.3 is 0 Å². The molecule has 122 valence electrons. The lowest BCUT2D eigenvalue weighted by Gasteiger charge is -2.42. The fourth-order valence-corrected chi connectivity index (χ4v) is 7.58. The molecule has 0 saturated heterocycles. The third-order valence-corrected chi connectivity index (χ3v) is 9.09. The van der Waals surface area contributed by atoms with Crippen molar-refractivity contribution < 1.29 is 9.53 Å². The molecule has 0 heterocycles. The Bertz CT molecular complexity index is 576. The molecule has 0 aromatic heterocycles. The number of rotatable bonds is 6. The van der Waals surface area contributed by atoms with Crippen LogP contribution < -0.4 is 10.4 Å². The maximum atomic E-state index is 8.96. The minimum Gasteiger partial charge on any atom is -0.404 e. The Morgan fingerprint density at radius 1 is 0.870 bits per heavy atom. The molecule has 0 atom stereocenters. The quantitative estimate of drug-likeness (QED) is 0.653. The first-order valence-corrected chi connectivity index (χ1v) is 9.94. The molecule has 0 unspecified atom stereocenters. The second-order valence-corrected chi connectivity index (χ2v) is 10.9. The van der Waals surface area contributed by atoms with Gasteiger partial charge in [0.25, 0.3) is 8.32 Å². The number of benzene rings is 2. The Morgan fingerprint density at radius 2 is 1.35 bits per heavy atom. The molecule has 0 radical (unpaired) electrons. The van der Waals surface area contributed by atoms with Gasteiger partial charge in [-0.3, -0.25) is 0 Å². The van der Waals surface area contributed by atoms with Crippen molar-refractivity contribution in [2.24, 2.45) is 0 Å². The van der Waals surface area contributed by atoms with E-state index in [0.29, 0.717) is 6.61 Å². The van der Waals surface area contributed by atoms with Gasteiger partial charge in [0.05, 0.1) is 13.2 Å². The van der Waals surface area contributed by atoms with Crippen LogP contribution in [-0.4, -0.2) is 26.6 Å². The lowest BCUT2D eigenvalue weighted by Crippen LogP contribution is -2.66. The first-order chi connectivity index (χ1) is 11.0. The summed E-state index contributed by atoms with van der Waals surface area (Å²) >= 11 is 0. The topological polar surface area (TPSA) is 29.5 Å². The van der Waals surface area contributed by atoms with E-state index >= 15 is 0 Å². The maximum absolute atomic E-state index is 8.96. The highest BCUT2D eigenvalue weighted by Crippen LogP contribution is 2.36. The number of hydrogen-bond acceptors (Lipinski definition) is 2. The van der Waals surface area contributed by atoms with E-state index < -0.39 is 8.32 Å². The summed E-state index contributed by atoms with van der Waals surface area (Å²) in [6.45, 7) is 7.33. The molecule has 0 aliphatic carbocycles. The first kappa shape index (κ1) is 17.7. The van der Waals surface area contributed by atoms with Crippen molar-refractivity contribution >= 4 is 18.7 Å². The van der Waals surface area contributed by atoms with Gasteiger partial charge in [-0.1, -0.05) is 93.6 Å². The lowest BCUT2D eigenvalue weighted by atomic mass is 10.2. The van der Waals surface area contributed by atoms with E-state index in [-0.39, 0.29) is 11.6 Å². The monoisotopic (exact) mass is 326 g/mol. The Hall–Kier alpha value is -1.68. The van der Waals surface area contributed by atoms with Crippen LogP contribution in [0, 0.1) is 0 Å². The average molecular weight is 327 g/mol. The van der Waals surface area contributed by atoms with E-state index in [0.717, 1.165) is 0 Å². The molecule has 2 nitrogen and oxygen atoms in total. The minimum atomic E-state index is -2.43. The lowest BCUT2D eigenvalue weighted by molar-refractivity contribution is 0.328. The Labute approximate surface area is 140 Å². The summed E-state index contributed by atoms with van der Waals surface area (Å²) in [4.78, 5) is 0. The van der Waals surface area contributed by atoms with Crippen molar-refractivity contribution in [1.29, 1.82) is 0 Å². The smallest absolute Gasteiger partial charge is 0.261 e. The van der Waals surface area contributed by atoms with Gasteiger partial charge in [0, 0.05) is 0 Å². The largest absolute Gasteiger partial charge is 0.404 e. The molecule has 2 aromatic carbocycles. The van der Waals surface area contributed by atoms with E-state index in [9.17, 15) is 0 Å². The molecule has 2 rings (SSSR count). The van der Waals surface area contributed by atoms with Gasteiger partial charge < -0.3 is 9.53 Å². The van der Waals surface area contributed by atoms with Crippen molar-refractivity contribution in [3.05, 3.63) is 72.8 Å². The van der Waals surface area contributed by atoms with Gasteiger partial charge in [0.15, 0.2) is 0 Å². The van der Waals surface area contributed by atoms with Gasteiger partial charge in [0.1, 0.15) is 0 Å². The van der Waals surface area contributed by atoms with Gasteiger partial charge in [-0.05, 0) is 15.4 Å². The summed E-state index contributed by atoms with van der Waals surface area (Å²) in [7, 11) is -2.43. The molecule has 0 spiro atoms. The van der Waals surface area contributed by atoms with E-state index in [4.69, 9.17) is 9.53 Å². The zero-order valence-electron chi connectivity index (χ0n) is 14.2. The molecule has 1 N–H and O–H groups in total. The molecule has 3 heteroatoms. The van der Waals surface area contributed by atoms with Crippen LogP contribution in [0.5, 0.6) is 0 Å². The standard InChI is InChI=1S/C20H26O2Si/c1-20(2,3)23(22-17-11-10-16-21,18-12-6-4-7-13-18)19-14-8-5-9-15-19/h4-15,21H,16-17H2,1-3H3/b11-10+. The zero-order chi connectivity index (χ0) is 16.8. The van der Waals surface area contributed by atoms with Crippen LogP contribution in [0.2, 0.25) is 5.04 Å². The molecular formula is C20H26O2Si. The Kier molecular flexibility index (Phi) is 5.94. The third kappa shape index (κ3) is 3.81. The number of aliphatic hydroxyl groups is 1. The van der Waals surface area contributed by atoms with Crippen LogP contribution in [0.3, 0.4) is 0 Å². The molecule has 0 aliphatic heterocycles. The SMILES string of the molecule is CC(C)(C)[Si](OC/C=C/CO)(c1ccccc1)c1ccccc1. The van der Waals surface area contributed by atoms with Crippen molar-refractivity contribution in [2.45, 2.75) is 25.8 Å². The predicted octanol–water partition coefficient (Wildman–Crippen LogP) is 3.11. The van der Waals surface area contributed by atoms with Crippen molar-refractivity contribution in [3.8, 4) is 0 Å². The average Bonchev–Trinajstić information content (AvgIpc) is 2.55. The van der Waals surface area contributed by atoms with E-state index in [1.807, 2.05) is 18.2 Å². The minimum absolute atomic E-state index is 0.0111.